The maximum atomic E-state index is 12.8. The topological polar surface area (TPSA) is 55.7 Å². The average Bonchev–Trinajstić information content (AvgIpc) is 3.25. The third kappa shape index (κ3) is 2.67. The maximum Gasteiger partial charge on any atom is 0.176 e. The van der Waals surface area contributed by atoms with Gasteiger partial charge in [-0.1, -0.05) is 48.2 Å². The summed E-state index contributed by atoms with van der Waals surface area (Å²) in [4.78, 5) is 27.7. The number of hydrogen-bond acceptors (Lipinski definition) is 6. The van der Waals surface area contributed by atoms with Crippen LogP contribution < -0.4 is 0 Å². The van der Waals surface area contributed by atoms with Gasteiger partial charge in [-0.3, -0.25) is 4.79 Å². The quantitative estimate of drug-likeness (QED) is 0.353. The number of benzene rings is 2. The molecule has 0 bridgehead atoms. The van der Waals surface area contributed by atoms with Crippen LogP contribution in [0.1, 0.15) is 21.5 Å². The molecule has 0 fully saturated rings. The van der Waals surface area contributed by atoms with E-state index in [4.69, 9.17) is 4.98 Å². The fourth-order valence-electron chi connectivity index (χ4n) is 3.96. The van der Waals surface area contributed by atoms with Crippen molar-refractivity contribution < 1.29 is 4.79 Å². The second-order valence-electron chi connectivity index (χ2n) is 7.33. The van der Waals surface area contributed by atoms with Crippen LogP contribution in [0.4, 0.5) is 0 Å². The molecule has 140 valence electrons. The summed E-state index contributed by atoms with van der Waals surface area (Å²) >= 11 is 3.16. The van der Waals surface area contributed by atoms with Gasteiger partial charge in [0.2, 0.25) is 0 Å². The maximum absolute atomic E-state index is 12.8. The highest BCUT2D eigenvalue weighted by molar-refractivity contribution is 8.01. The number of aromatic nitrogens is 3. The van der Waals surface area contributed by atoms with E-state index in [0.717, 1.165) is 53.9 Å². The largest absolute Gasteiger partial charge is 0.293 e. The summed E-state index contributed by atoms with van der Waals surface area (Å²) < 4.78 is 1.01. The Labute approximate surface area is 175 Å². The van der Waals surface area contributed by atoms with Gasteiger partial charge < -0.3 is 0 Å². The van der Waals surface area contributed by atoms with Crippen molar-refractivity contribution in [2.24, 2.45) is 0 Å². The predicted octanol–water partition coefficient (Wildman–Crippen LogP) is 5.60. The van der Waals surface area contributed by atoms with Crippen LogP contribution in [0, 0.1) is 6.92 Å². The zero-order valence-electron chi connectivity index (χ0n) is 15.5. The first-order valence-corrected chi connectivity index (χ1v) is 11.1. The Hall–Kier alpha value is -2.83. The lowest BCUT2D eigenvalue weighted by atomic mass is 10.1. The summed E-state index contributed by atoms with van der Waals surface area (Å²) in [5.41, 5.74) is 5.07. The van der Waals surface area contributed by atoms with Gasteiger partial charge in [-0.15, -0.1) is 11.3 Å². The number of ketones is 1. The van der Waals surface area contributed by atoms with E-state index in [1.54, 1.807) is 29.4 Å². The number of pyridine rings is 1. The van der Waals surface area contributed by atoms with Gasteiger partial charge in [0.1, 0.15) is 16.2 Å². The van der Waals surface area contributed by atoms with Gasteiger partial charge in [-0.2, -0.15) is 0 Å². The minimum atomic E-state index is -0.134. The van der Waals surface area contributed by atoms with Crippen LogP contribution in [0.3, 0.4) is 0 Å². The van der Waals surface area contributed by atoms with Crippen LogP contribution in [0.25, 0.3) is 31.3 Å². The van der Waals surface area contributed by atoms with Crippen molar-refractivity contribution in [3.8, 4) is 0 Å². The summed E-state index contributed by atoms with van der Waals surface area (Å²) in [5.74, 6) is 0.192. The number of carbonyl (C=O) groups is 1. The monoisotopic (exact) mass is 413 g/mol. The Balaban J connectivity index is 1.47. The Morgan fingerprint density at radius 3 is 2.90 bits per heavy atom. The van der Waals surface area contributed by atoms with Crippen molar-refractivity contribution in [3.63, 3.8) is 0 Å². The second kappa shape index (κ2) is 6.34. The van der Waals surface area contributed by atoms with E-state index in [0.29, 0.717) is 0 Å². The number of thioether (sulfide) groups is 1. The van der Waals surface area contributed by atoms with E-state index in [1.807, 2.05) is 24.3 Å². The molecule has 3 aromatic heterocycles. The molecule has 0 radical (unpaired) electrons. The highest BCUT2D eigenvalue weighted by Gasteiger charge is 2.32. The molecule has 0 saturated carbocycles. The number of Topliss-reactive ketones (excluding diaryl/α,β-unsaturated/α-hetero) is 1. The molecular weight excluding hydrogens is 398 g/mol. The van der Waals surface area contributed by atoms with Crippen molar-refractivity contribution in [2.45, 2.75) is 23.6 Å². The molecule has 2 aromatic carbocycles. The van der Waals surface area contributed by atoms with Gasteiger partial charge in [0, 0.05) is 16.3 Å². The molecule has 29 heavy (non-hydrogen) atoms. The number of rotatable bonds is 2. The Morgan fingerprint density at radius 1 is 1.10 bits per heavy atom. The number of thiophene rings is 1. The van der Waals surface area contributed by atoms with Gasteiger partial charge >= 0.3 is 0 Å². The van der Waals surface area contributed by atoms with E-state index in [2.05, 4.69) is 41.2 Å². The molecule has 4 nitrogen and oxygen atoms in total. The average molecular weight is 414 g/mol. The minimum Gasteiger partial charge on any atom is -0.293 e. The molecule has 0 aliphatic heterocycles. The van der Waals surface area contributed by atoms with Crippen molar-refractivity contribution >= 4 is 60.2 Å². The van der Waals surface area contributed by atoms with Crippen molar-refractivity contribution in [1.29, 1.82) is 0 Å². The smallest absolute Gasteiger partial charge is 0.176 e. The molecule has 0 N–H and O–H groups in total. The Morgan fingerprint density at radius 2 is 2.00 bits per heavy atom. The van der Waals surface area contributed by atoms with Gasteiger partial charge in [-0.25, -0.2) is 15.0 Å². The van der Waals surface area contributed by atoms with Crippen LogP contribution in [0.15, 0.2) is 59.9 Å². The first-order valence-electron chi connectivity index (χ1n) is 9.41. The molecule has 6 rings (SSSR count). The fraction of sp³-hybridized carbons (Fsp3) is 0.130. The summed E-state index contributed by atoms with van der Waals surface area (Å²) in [6.45, 7) is 2.08. The molecule has 3 heterocycles. The molecule has 0 amide bonds. The lowest BCUT2D eigenvalue weighted by molar-refractivity contribution is 0.1000. The number of carbonyl (C=O) groups excluding carboxylic acids is 1. The van der Waals surface area contributed by atoms with Crippen LogP contribution >= 0.6 is 23.1 Å². The molecule has 6 heteroatoms. The van der Waals surface area contributed by atoms with E-state index in [-0.39, 0.29) is 11.0 Å². The van der Waals surface area contributed by atoms with Crippen molar-refractivity contribution in [1.82, 2.24) is 15.0 Å². The minimum absolute atomic E-state index is 0.134. The van der Waals surface area contributed by atoms with Crippen molar-refractivity contribution in [3.05, 3.63) is 71.5 Å². The zero-order chi connectivity index (χ0) is 19.5. The number of aryl methyl sites for hydroxylation is 1. The Kier molecular flexibility index (Phi) is 3.73. The van der Waals surface area contributed by atoms with E-state index >= 15 is 0 Å². The van der Waals surface area contributed by atoms with Crippen LogP contribution in [-0.4, -0.2) is 26.0 Å². The zero-order valence-corrected chi connectivity index (χ0v) is 17.2. The van der Waals surface area contributed by atoms with Crippen LogP contribution in [0.2, 0.25) is 0 Å². The summed E-state index contributed by atoms with van der Waals surface area (Å²) in [7, 11) is 0. The molecule has 1 aliphatic carbocycles. The normalized spacial score (nSPS) is 16.2. The summed E-state index contributed by atoms with van der Waals surface area (Å²) in [6.07, 6.45) is 2.35. The molecule has 1 aliphatic rings. The molecule has 0 spiro atoms. The number of hydrogen-bond donors (Lipinski definition) is 0. The molecular formula is C23H15N3OS2. The van der Waals surface area contributed by atoms with Crippen molar-refractivity contribution in [2.75, 3.05) is 0 Å². The Bertz CT molecular complexity index is 1460. The summed E-state index contributed by atoms with van der Waals surface area (Å²) in [5, 5.41) is 2.89. The summed E-state index contributed by atoms with van der Waals surface area (Å²) in [6, 6.07) is 16.4. The molecule has 5 aromatic rings. The first kappa shape index (κ1) is 17.1. The number of nitrogens with zero attached hydrogens (tertiary/aromatic N) is 3. The predicted molar refractivity (Wildman–Crippen MR) is 119 cm³/mol. The third-order valence-electron chi connectivity index (χ3n) is 5.40. The van der Waals surface area contributed by atoms with Gasteiger partial charge in [0.05, 0.1) is 21.0 Å². The lowest BCUT2D eigenvalue weighted by Gasteiger charge is -2.07. The van der Waals surface area contributed by atoms with E-state index in [9.17, 15) is 4.79 Å². The van der Waals surface area contributed by atoms with E-state index in [1.165, 1.54) is 5.56 Å². The highest BCUT2D eigenvalue weighted by atomic mass is 32.2. The van der Waals surface area contributed by atoms with Gasteiger partial charge in [-0.05, 0) is 36.6 Å². The SMILES string of the molecule is Cc1ccc2cc3c(nc2c1)sc1c(S[C@@H]2Cc4ccccc4C2=O)ncnc13. The number of fused-ring (bicyclic) bond motifs is 5. The van der Waals surface area contributed by atoms with Gasteiger partial charge in [0.15, 0.2) is 5.78 Å². The second-order valence-corrected chi connectivity index (χ2v) is 9.52. The molecule has 1 atom stereocenters. The third-order valence-corrected chi connectivity index (χ3v) is 7.82. The molecule has 0 saturated heterocycles. The van der Waals surface area contributed by atoms with Crippen LogP contribution in [-0.2, 0) is 6.42 Å². The highest BCUT2D eigenvalue weighted by Crippen LogP contribution is 2.41. The first-order chi connectivity index (χ1) is 14.2. The molecule has 0 unspecified atom stereocenters. The standard InChI is InChI=1S/C23H15N3OS2/c1-12-6-7-14-9-16-19-21(29-22(16)26-17(14)8-12)23(25-11-24-19)28-18-10-13-4-2-3-5-15(13)20(18)27/h2-9,11,18H,10H2,1H3/t18-/m1/s1. The van der Waals surface area contributed by atoms with Gasteiger partial charge in [0.25, 0.3) is 0 Å². The lowest BCUT2D eigenvalue weighted by Crippen LogP contribution is -2.11. The fourth-order valence-corrected chi connectivity index (χ4v) is 6.31. The van der Waals surface area contributed by atoms with Crippen LogP contribution in [0.5, 0.6) is 0 Å². The van der Waals surface area contributed by atoms with E-state index < -0.39 is 0 Å².